The minimum absolute atomic E-state index is 0.0424. The Kier molecular flexibility index (Phi) is 10.4. The van der Waals surface area contributed by atoms with E-state index in [1.54, 1.807) is 4.90 Å². The van der Waals surface area contributed by atoms with E-state index in [9.17, 15) is 19.1 Å². The van der Waals surface area contributed by atoms with Crippen LogP contribution in [0.4, 0.5) is 16.2 Å². The number of anilines is 1. The van der Waals surface area contributed by atoms with E-state index in [0.717, 1.165) is 41.8 Å². The average molecular weight is 752 g/mol. The Morgan fingerprint density at radius 2 is 1.49 bits per heavy atom. The van der Waals surface area contributed by atoms with Gasteiger partial charge in [-0.25, -0.2) is 9.00 Å². The number of nitrogens with zero attached hydrogens (tertiary/aromatic N) is 6. The monoisotopic (exact) mass is 750 g/mol. The van der Waals surface area contributed by atoms with Crippen molar-refractivity contribution in [1.82, 2.24) is 14.7 Å². The van der Waals surface area contributed by atoms with Crippen molar-refractivity contribution in [2.24, 2.45) is 4.40 Å². The van der Waals surface area contributed by atoms with E-state index < -0.39 is 21.5 Å². The van der Waals surface area contributed by atoms with E-state index in [1.165, 1.54) is 30.0 Å². The fourth-order valence-corrected chi connectivity index (χ4v) is 7.93. The van der Waals surface area contributed by atoms with Crippen LogP contribution in [-0.4, -0.2) is 93.7 Å². The van der Waals surface area contributed by atoms with Crippen LogP contribution < -0.4 is 4.90 Å². The molecule has 3 unspecified atom stereocenters. The van der Waals surface area contributed by atoms with E-state index in [1.807, 2.05) is 32.9 Å². The smallest absolute Gasteiger partial charge is 0.410 e. The minimum Gasteiger partial charge on any atom is -0.444 e. The largest absolute Gasteiger partial charge is 0.444 e. The van der Waals surface area contributed by atoms with Crippen molar-refractivity contribution >= 4 is 50.2 Å². The summed E-state index contributed by atoms with van der Waals surface area (Å²) in [5, 5.41) is 11.3. The van der Waals surface area contributed by atoms with Crippen molar-refractivity contribution in [3.05, 3.63) is 98.5 Å². The fourth-order valence-electron chi connectivity index (χ4n) is 6.82. The molecule has 260 valence electrons. The van der Waals surface area contributed by atoms with Crippen LogP contribution in [0.25, 0.3) is 0 Å². The molecule has 3 aliphatic heterocycles. The number of hydrogen-bond donors (Lipinski definition) is 0. The minimum atomic E-state index is -1.80. The molecule has 0 spiro atoms. The molecule has 3 saturated heterocycles. The Bertz CT molecular complexity index is 1700. The molecule has 13 heteroatoms. The predicted octanol–water partition coefficient (Wildman–Crippen LogP) is 6.77. The van der Waals surface area contributed by atoms with Gasteiger partial charge >= 0.3 is 6.09 Å². The topological polar surface area (TPSA) is 112 Å². The lowest BCUT2D eigenvalue weighted by atomic mass is 9.75. The Labute approximate surface area is 298 Å². The third-order valence-corrected chi connectivity index (χ3v) is 11.0. The first-order chi connectivity index (χ1) is 23.4. The van der Waals surface area contributed by atoms with Crippen LogP contribution >= 0.6 is 15.9 Å². The van der Waals surface area contributed by atoms with Gasteiger partial charge in [0.15, 0.2) is 11.0 Å². The van der Waals surface area contributed by atoms with Gasteiger partial charge in [-0.3, -0.25) is 10.1 Å². The maximum Gasteiger partial charge on any atom is 0.410 e. The van der Waals surface area contributed by atoms with Crippen molar-refractivity contribution in [2.45, 2.75) is 62.1 Å². The van der Waals surface area contributed by atoms with Gasteiger partial charge in [-0.15, -0.1) is 0 Å². The zero-order chi connectivity index (χ0) is 34.9. The number of benzene rings is 3. The van der Waals surface area contributed by atoms with Gasteiger partial charge in [0, 0.05) is 67.6 Å². The molecule has 3 aliphatic rings. The van der Waals surface area contributed by atoms with Crippen LogP contribution in [0.15, 0.2) is 86.6 Å². The van der Waals surface area contributed by atoms with Gasteiger partial charge in [0.05, 0.1) is 21.8 Å². The summed E-state index contributed by atoms with van der Waals surface area (Å²) in [5.74, 6) is 0.543. The predicted molar refractivity (Wildman–Crippen MR) is 195 cm³/mol. The zero-order valence-electron chi connectivity index (χ0n) is 28.3. The number of rotatable bonds is 7. The van der Waals surface area contributed by atoms with E-state index in [2.05, 4.69) is 74.1 Å². The summed E-state index contributed by atoms with van der Waals surface area (Å²) in [6.45, 7) is 10.6. The lowest BCUT2D eigenvalue weighted by molar-refractivity contribution is -0.384. The number of halogens is 1. The number of non-ortho nitro benzene ring substituents is 1. The summed E-state index contributed by atoms with van der Waals surface area (Å²) in [7, 11) is 0.350. The molecule has 1 amide bonds. The molecular weight excluding hydrogens is 708 g/mol. The molecule has 0 aromatic heterocycles. The van der Waals surface area contributed by atoms with Crippen LogP contribution in [0, 0.1) is 10.1 Å². The van der Waals surface area contributed by atoms with Gasteiger partial charge in [-0.1, -0.05) is 40.2 Å². The Morgan fingerprint density at radius 3 is 2.06 bits per heavy atom. The number of likely N-dealkylation sites (tertiary alicyclic amines) is 2. The first kappa shape index (κ1) is 35.0. The first-order valence-electron chi connectivity index (χ1n) is 16.7. The number of ether oxygens (including phenoxy) is 1. The number of amides is 1. The van der Waals surface area contributed by atoms with Crippen LogP contribution in [0.5, 0.6) is 0 Å². The third-order valence-electron chi connectivity index (χ3n) is 9.43. The number of amidine groups is 1. The second-order valence-electron chi connectivity index (χ2n) is 13.9. The number of piperidine rings is 1. The summed E-state index contributed by atoms with van der Waals surface area (Å²) < 4.78 is 25.3. The fraction of sp³-hybridized carbons (Fsp3) is 0.444. The quantitative estimate of drug-likeness (QED) is 0.192. The van der Waals surface area contributed by atoms with Crippen molar-refractivity contribution in [3.63, 3.8) is 0 Å². The van der Waals surface area contributed by atoms with Crippen molar-refractivity contribution in [1.29, 1.82) is 0 Å². The molecule has 0 bridgehead atoms. The molecule has 0 N–H and O–H groups in total. The molecular formula is C36H43BrN6O5S. The van der Waals surface area contributed by atoms with Gasteiger partial charge in [0.1, 0.15) is 11.4 Å². The summed E-state index contributed by atoms with van der Waals surface area (Å²) in [5.41, 5.74) is 2.73. The number of carbonyl (C=O) groups excluding carboxylic acids is 1. The van der Waals surface area contributed by atoms with Crippen LogP contribution in [0.1, 0.15) is 56.7 Å². The molecule has 3 aromatic carbocycles. The maximum absolute atomic E-state index is 13.8. The lowest BCUT2D eigenvalue weighted by Crippen LogP contribution is -2.60. The standard InChI is InChI=1S/C36H43BrN6O5S/c1-36(2,3)48-35(44)41-19-17-29(18-20-41)42-33(26-5-9-27(37)10-6-26)32(25-7-11-28(12-8-25)40-23-21-39(4)22-24-40)34(42)38-49(47)31-15-13-30(14-16-31)43(45)46/h5-16,29,32-33H,17-24H2,1-4H3. The van der Waals surface area contributed by atoms with Crippen LogP contribution in [0.2, 0.25) is 0 Å². The molecule has 3 heterocycles. The van der Waals surface area contributed by atoms with Gasteiger partial charge in [0.2, 0.25) is 0 Å². The van der Waals surface area contributed by atoms with Crippen molar-refractivity contribution in [2.75, 3.05) is 51.2 Å². The summed E-state index contributed by atoms with van der Waals surface area (Å²) in [4.78, 5) is 32.9. The number of hydrogen-bond acceptors (Lipinski definition) is 7. The highest BCUT2D eigenvalue weighted by Gasteiger charge is 2.51. The molecule has 3 fully saturated rings. The highest BCUT2D eigenvalue weighted by atomic mass is 79.9. The van der Waals surface area contributed by atoms with E-state index >= 15 is 0 Å². The molecule has 3 atom stereocenters. The summed E-state index contributed by atoms with van der Waals surface area (Å²) in [6.07, 6.45) is 1.08. The van der Waals surface area contributed by atoms with Crippen LogP contribution in [0.3, 0.4) is 0 Å². The van der Waals surface area contributed by atoms with E-state index in [-0.39, 0.29) is 29.8 Å². The number of piperazine rings is 1. The maximum atomic E-state index is 13.8. The van der Waals surface area contributed by atoms with Crippen molar-refractivity contribution in [3.8, 4) is 0 Å². The van der Waals surface area contributed by atoms with Gasteiger partial charge in [-0.2, -0.15) is 4.40 Å². The number of nitro benzene ring substituents is 1. The molecule has 6 rings (SSSR count). The van der Waals surface area contributed by atoms with Gasteiger partial charge in [-0.05, 0) is 88.2 Å². The molecule has 0 saturated carbocycles. The Morgan fingerprint density at radius 1 is 0.898 bits per heavy atom. The van der Waals surface area contributed by atoms with Gasteiger partial charge in [0.25, 0.3) is 5.69 Å². The Balaban J connectivity index is 1.35. The number of nitro groups is 1. The SMILES string of the molecule is CN1CCN(c2ccc(C3C(=NS(=O)c4ccc([N+](=O)[O-])cc4)N(C4CCN(C(=O)OC(C)(C)C)CC4)C3c3ccc(Br)cc3)cc2)CC1. The van der Waals surface area contributed by atoms with Gasteiger partial charge < -0.3 is 24.3 Å². The molecule has 49 heavy (non-hydrogen) atoms. The zero-order valence-corrected chi connectivity index (χ0v) is 30.7. The second kappa shape index (κ2) is 14.6. The molecule has 0 aliphatic carbocycles. The second-order valence-corrected chi connectivity index (χ2v) is 16.0. The third kappa shape index (κ3) is 7.99. The highest BCUT2D eigenvalue weighted by Crippen LogP contribution is 2.50. The number of carbonyl (C=O) groups is 1. The summed E-state index contributed by atoms with van der Waals surface area (Å²) in [6, 6.07) is 22.7. The normalized spacial score (nSPS) is 22.1. The van der Waals surface area contributed by atoms with E-state index in [0.29, 0.717) is 36.7 Å². The lowest BCUT2D eigenvalue weighted by Gasteiger charge is -2.55. The summed E-state index contributed by atoms with van der Waals surface area (Å²) >= 11 is 3.58. The first-order valence-corrected chi connectivity index (χ1v) is 18.6. The number of likely N-dealkylation sites (N-methyl/N-ethyl adjacent to an activating group) is 1. The average Bonchev–Trinajstić information content (AvgIpc) is 3.07. The van der Waals surface area contributed by atoms with Crippen molar-refractivity contribution < 1.29 is 18.7 Å². The molecule has 11 nitrogen and oxygen atoms in total. The van der Waals surface area contributed by atoms with Crippen LogP contribution in [-0.2, 0) is 15.7 Å². The van der Waals surface area contributed by atoms with E-state index in [4.69, 9.17) is 9.13 Å². The molecule has 3 aromatic rings. The Hall–Kier alpha value is -3.81. The molecule has 0 radical (unpaired) electrons. The highest BCUT2D eigenvalue weighted by molar-refractivity contribution is 9.10.